The highest BCUT2D eigenvalue weighted by Gasteiger charge is 2.19. The summed E-state index contributed by atoms with van der Waals surface area (Å²) >= 11 is 0. The summed E-state index contributed by atoms with van der Waals surface area (Å²) in [6.45, 7) is 5.93. The van der Waals surface area contributed by atoms with Crippen LogP contribution in [0, 0.1) is 0 Å². The van der Waals surface area contributed by atoms with E-state index in [0.29, 0.717) is 5.56 Å². The summed E-state index contributed by atoms with van der Waals surface area (Å²) in [5.41, 5.74) is 2.49. The van der Waals surface area contributed by atoms with Crippen molar-refractivity contribution in [2.75, 3.05) is 37.0 Å². The van der Waals surface area contributed by atoms with Crippen molar-refractivity contribution in [1.82, 2.24) is 0 Å². The minimum atomic E-state index is -1.10. The quantitative estimate of drug-likeness (QED) is 0.781. The number of hydrogen-bond acceptors (Lipinski definition) is 4. The Balaban J connectivity index is 2.39. The van der Waals surface area contributed by atoms with Gasteiger partial charge in [0.1, 0.15) is 0 Å². The lowest BCUT2D eigenvalue weighted by molar-refractivity contribution is 0.0693. The molecule has 132 valence electrons. The third-order valence-corrected chi connectivity index (χ3v) is 4.25. The van der Waals surface area contributed by atoms with E-state index in [1.54, 1.807) is 29.2 Å². The van der Waals surface area contributed by atoms with Gasteiger partial charge in [-0.25, -0.2) is 4.79 Å². The number of hydrogen-bond donors (Lipinski definition) is 1. The molecule has 5 heteroatoms. The normalized spacial score (nSPS) is 10.4. The average molecular weight is 340 g/mol. The Morgan fingerprint density at radius 3 is 1.92 bits per heavy atom. The van der Waals surface area contributed by atoms with Gasteiger partial charge < -0.3 is 14.9 Å². The van der Waals surface area contributed by atoms with E-state index in [0.717, 1.165) is 24.5 Å². The Kier molecular flexibility index (Phi) is 5.80. The van der Waals surface area contributed by atoms with Crippen molar-refractivity contribution in [3.63, 3.8) is 0 Å². The fourth-order valence-electron chi connectivity index (χ4n) is 2.75. The highest BCUT2D eigenvalue weighted by atomic mass is 16.4. The molecule has 0 saturated heterocycles. The molecule has 0 fully saturated rings. The van der Waals surface area contributed by atoms with Gasteiger partial charge in [-0.2, -0.15) is 0 Å². The maximum Gasteiger partial charge on any atom is 0.336 e. The summed E-state index contributed by atoms with van der Waals surface area (Å²) in [6, 6.07) is 12.2. The zero-order valence-electron chi connectivity index (χ0n) is 15.1. The van der Waals surface area contributed by atoms with Gasteiger partial charge in [0.2, 0.25) is 0 Å². The van der Waals surface area contributed by atoms with E-state index in [9.17, 15) is 14.7 Å². The Morgan fingerprint density at radius 2 is 1.44 bits per heavy atom. The lowest BCUT2D eigenvalue weighted by Gasteiger charge is -2.21. The number of carboxylic acid groups (broad SMARTS) is 1. The zero-order chi connectivity index (χ0) is 18.6. The highest BCUT2D eigenvalue weighted by molar-refractivity contribution is 6.14. The fraction of sp³-hybridized carbons (Fsp3) is 0.300. The molecule has 25 heavy (non-hydrogen) atoms. The van der Waals surface area contributed by atoms with E-state index in [1.165, 1.54) is 6.07 Å². The van der Waals surface area contributed by atoms with Gasteiger partial charge in [0.05, 0.1) is 5.56 Å². The molecule has 2 aromatic rings. The van der Waals surface area contributed by atoms with Gasteiger partial charge >= 0.3 is 5.97 Å². The fourth-order valence-corrected chi connectivity index (χ4v) is 2.75. The molecule has 0 bridgehead atoms. The van der Waals surface area contributed by atoms with Crippen molar-refractivity contribution in [2.24, 2.45) is 0 Å². The minimum Gasteiger partial charge on any atom is -0.478 e. The molecule has 0 aliphatic rings. The third kappa shape index (κ3) is 3.99. The van der Waals surface area contributed by atoms with Crippen LogP contribution >= 0.6 is 0 Å². The summed E-state index contributed by atoms with van der Waals surface area (Å²) in [6.07, 6.45) is 0. The van der Waals surface area contributed by atoms with E-state index in [4.69, 9.17) is 0 Å². The van der Waals surface area contributed by atoms with E-state index >= 15 is 0 Å². The van der Waals surface area contributed by atoms with Crippen LogP contribution in [0.1, 0.15) is 40.1 Å². The van der Waals surface area contributed by atoms with Gasteiger partial charge in [0.25, 0.3) is 0 Å². The van der Waals surface area contributed by atoms with Gasteiger partial charge in [0.15, 0.2) is 5.78 Å². The number of benzene rings is 2. The van der Waals surface area contributed by atoms with Crippen molar-refractivity contribution in [3.8, 4) is 0 Å². The maximum absolute atomic E-state index is 12.8. The Hall–Kier alpha value is -2.82. The van der Waals surface area contributed by atoms with Crippen molar-refractivity contribution in [3.05, 3.63) is 59.2 Å². The summed E-state index contributed by atoms with van der Waals surface area (Å²) in [5, 5.41) is 9.47. The summed E-state index contributed by atoms with van der Waals surface area (Å²) in [4.78, 5) is 28.3. The number of nitrogens with zero attached hydrogens (tertiary/aromatic N) is 2. The van der Waals surface area contributed by atoms with Crippen LogP contribution in [0.5, 0.6) is 0 Å². The molecular weight excluding hydrogens is 316 g/mol. The standard InChI is InChI=1S/C20H24N2O3/c1-5-22(6-2)15-9-7-14(8-10-15)19(23)17-12-11-16(21(3)4)13-18(17)20(24)25/h7-13H,5-6H2,1-4H3,(H,24,25). The SMILES string of the molecule is CCN(CC)c1ccc(C(=O)c2ccc(N(C)C)cc2C(=O)O)cc1. The second-order valence-electron chi connectivity index (χ2n) is 5.98. The first kappa shape index (κ1) is 18.5. The van der Waals surface area contributed by atoms with Crippen molar-refractivity contribution < 1.29 is 14.7 Å². The molecule has 2 rings (SSSR count). The second kappa shape index (κ2) is 7.83. The second-order valence-corrected chi connectivity index (χ2v) is 5.98. The molecule has 2 aromatic carbocycles. The Bertz CT molecular complexity index is 763. The predicted octanol–water partition coefficient (Wildman–Crippen LogP) is 3.53. The molecule has 0 spiro atoms. The van der Waals surface area contributed by atoms with Crippen molar-refractivity contribution >= 4 is 23.1 Å². The topological polar surface area (TPSA) is 60.9 Å². The van der Waals surface area contributed by atoms with Gasteiger partial charge in [-0.1, -0.05) is 0 Å². The first-order chi connectivity index (χ1) is 11.9. The molecule has 0 aliphatic carbocycles. The highest BCUT2D eigenvalue weighted by Crippen LogP contribution is 2.22. The van der Waals surface area contributed by atoms with Gasteiger partial charge in [-0.15, -0.1) is 0 Å². The smallest absolute Gasteiger partial charge is 0.336 e. The molecule has 5 nitrogen and oxygen atoms in total. The molecule has 0 amide bonds. The van der Waals surface area contributed by atoms with Crippen LogP contribution in [0.25, 0.3) is 0 Å². The zero-order valence-corrected chi connectivity index (χ0v) is 15.1. The summed E-state index contributed by atoms with van der Waals surface area (Å²) in [7, 11) is 3.66. The lowest BCUT2D eigenvalue weighted by Crippen LogP contribution is -2.21. The predicted molar refractivity (Wildman–Crippen MR) is 101 cm³/mol. The van der Waals surface area contributed by atoms with Gasteiger partial charge in [-0.3, -0.25) is 4.79 Å². The molecule has 1 N–H and O–H groups in total. The molecule has 0 radical (unpaired) electrons. The molecule has 0 atom stereocenters. The van der Waals surface area contributed by atoms with Gasteiger partial charge in [0, 0.05) is 49.7 Å². The van der Waals surface area contributed by atoms with E-state index in [2.05, 4.69) is 18.7 Å². The number of aromatic carboxylic acids is 1. The van der Waals surface area contributed by atoms with Crippen LogP contribution in [0.2, 0.25) is 0 Å². The summed E-state index contributed by atoms with van der Waals surface area (Å²) in [5.74, 6) is -1.39. The molecule has 0 aliphatic heterocycles. The van der Waals surface area contributed by atoms with Crippen LogP contribution in [-0.4, -0.2) is 44.0 Å². The molecule has 0 aromatic heterocycles. The largest absolute Gasteiger partial charge is 0.478 e. The number of carboxylic acids is 1. The van der Waals surface area contributed by atoms with Crippen LogP contribution in [0.3, 0.4) is 0 Å². The Morgan fingerprint density at radius 1 is 0.880 bits per heavy atom. The van der Waals surface area contributed by atoms with Crippen LogP contribution < -0.4 is 9.80 Å². The Labute approximate surface area is 148 Å². The molecule has 0 saturated carbocycles. The van der Waals surface area contributed by atoms with E-state index in [1.807, 2.05) is 26.2 Å². The van der Waals surface area contributed by atoms with Crippen molar-refractivity contribution in [1.29, 1.82) is 0 Å². The number of anilines is 2. The van der Waals surface area contributed by atoms with E-state index < -0.39 is 5.97 Å². The third-order valence-electron chi connectivity index (χ3n) is 4.25. The summed E-state index contributed by atoms with van der Waals surface area (Å²) < 4.78 is 0. The molecule has 0 heterocycles. The molecule has 0 unspecified atom stereocenters. The number of carbonyl (C=O) groups is 2. The minimum absolute atomic E-state index is 0.0176. The maximum atomic E-state index is 12.8. The first-order valence-electron chi connectivity index (χ1n) is 8.33. The molecular formula is C20H24N2O3. The first-order valence-corrected chi connectivity index (χ1v) is 8.33. The number of carbonyl (C=O) groups excluding carboxylic acids is 1. The number of rotatable bonds is 7. The van der Waals surface area contributed by atoms with Crippen LogP contribution in [0.15, 0.2) is 42.5 Å². The average Bonchev–Trinajstić information content (AvgIpc) is 2.62. The monoisotopic (exact) mass is 340 g/mol. The van der Waals surface area contributed by atoms with Crippen LogP contribution in [0.4, 0.5) is 11.4 Å². The number of ketones is 1. The lowest BCUT2D eigenvalue weighted by atomic mass is 9.97. The van der Waals surface area contributed by atoms with E-state index in [-0.39, 0.29) is 16.9 Å². The van der Waals surface area contributed by atoms with Crippen molar-refractivity contribution in [2.45, 2.75) is 13.8 Å². The van der Waals surface area contributed by atoms with Crippen LogP contribution in [-0.2, 0) is 0 Å². The van der Waals surface area contributed by atoms with Gasteiger partial charge in [-0.05, 0) is 56.3 Å².